The van der Waals surface area contributed by atoms with Crippen LogP contribution in [0.4, 0.5) is 0 Å². The predicted octanol–water partition coefficient (Wildman–Crippen LogP) is 9.50. The number of imidazole rings is 1. The smallest absolute Gasteiger partial charge is 0.230 e. The molecule has 0 spiro atoms. The molecule has 0 fully saturated rings. The molecule has 1 heterocycles. The summed E-state index contributed by atoms with van der Waals surface area (Å²) in [7, 11) is 0. The van der Waals surface area contributed by atoms with Crippen LogP contribution in [0.15, 0.2) is 42.7 Å². The molecule has 0 N–H and O–H groups in total. The fourth-order valence-corrected chi connectivity index (χ4v) is 4.93. The van der Waals surface area contributed by atoms with Crippen LogP contribution in [0.5, 0.6) is 0 Å². The zero-order valence-corrected chi connectivity index (χ0v) is 22.1. The first-order valence-corrected chi connectivity index (χ1v) is 14.5. The van der Waals surface area contributed by atoms with Crippen molar-refractivity contribution in [2.75, 3.05) is 0 Å². The van der Waals surface area contributed by atoms with Gasteiger partial charge in [-0.3, -0.25) is 0 Å². The summed E-state index contributed by atoms with van der Waals surface area (Å²) in [6.07, 6.45) is 29.7. The van der Waals surface area contributed by atoms with Crippen LogP contribution in [-0.2, 0) is 13.1 Å². The van der Waals surface area contributed by atoms with E-state index in [1.165, 1.54) is 127 Å². The summed E-state index contributed by atoms with van der Waals surface area (Å²) in [5.41, 5.74) is 1.35. The molecule has 0 saturated carbocycles. The van der Waals surface area contributed by atoms with E-state index in [-0.39, 0.29) is 0 Å². The van der Waals surface area contributed by atoms with Crippen molar-refractivity contribution in [1.29, 1.82) is 0 Å². The van der Waals surface area contributed by atoms with E-state index in [9.17, 15) is 0 Å². The first-order chi connectivity index (χ1) is 16.4. The largest absolute Gasteiger partial charge is 0.288 e. The first kappa shape index (κ1) is 27.7. The Kier molecular flexibility index (Phi) is 15.8. The Morgan fingerprint density at radius 2 is 1.06 bits per heavy atom. The van der Waals surface area contributed by atoms with Gasteiger partial charge in [-0.05, 0) is 37.8 Å². The van der Waals surface area contributed by atoms with Gasteiger partial charge in [0.25, 0.3) is 5.82 Å². The molecule has 2 aromatic rings. The summed E-state index contributed by atoms with van der Waals surface area (Å²) in [6.45, 7) is 6.88. The van der Waals surface area contributed by atoms with Crippen molar-refractivity contribution >= 4 is 0 Å². The summed E-state index contributed by atoms with van der Waals surface area (Å²) in [6, 6.07) is 11.0. The summed E-state index contributed by atoms with van der Waals surface area (Å²) in [5.74, 6) is 1.40. The van der Waals surface area contributed by atoms with Crippen LogP contribution < -0.4 is 4.57 Å². The summed E-state index contributed by atoms with van der Waals surface area (Å²) < 4.78 is 5.00. The quantitative estimate of drug-likeness (QED) is 0.131. The molecule has 0 radical (unpaired) electrons. The number of benzene rings is 1. The second-order valence-electron chi connectivity index (χ2n) is 10.0. The molecule has 2 rings (SSSR count). The fraction of sp³-hybridized carbons (Fsp3) is 0.710. The van der Waals surface area contributed by atoms with Crippen LogP contribution in [0.1, 0.15) is 129 Å². The molecule has 0 aliphatic rings. The molecule has 1 aromatic heterocycles. The zero-order chi connectivity index (χ0) is 23.4. The standard InChI is InChI=1S/C31H53N2/c1-3-5-7-9-11-12-13-14-15-16-18-23-27-33-29-28-32(26-22-17-10-8-6-4-2)31(33)30-24-20-19-21-25-30/h19-21,24-25,28-29H,3-18,22-23,26-27H2,1-2H3/q+1. The van der Waals surface area contributed by atoms with Crippen LogP contribution in [0.3, 0.4) is 0 Å². The number of nitrogens with zero attached hydrogens (tertiary/aromatic N) is 2. The molecule has 0 aliphatic heterocycles. The van der Waals surface area contributed by atoms with Crippen molar-refractivity contribution in [3.05, 3.63) is 42.7 Å². The molecular weight excluding hydrogens is 400 g/mol. The Morgan fingerprint density at radius 1 is 0.576 bits per heavy atom. The molecule has 1 aromatic carbocycles. The lowest BCUT2D eigenvalue weighted by Crippen LogP contribution is -2.34. The molecule has 2 heteroatoms. The number of aromatic nitrogens is 2. The summed E-state index contributed by atoms with van der Waals surface area (Å²) in [4.78, 5) is 0. The molecule has 0 amide bonds. The molecule has 186 valence electrons. The Balaban J connectivity index is 1.69. The van der Waals surface area contributed by atoms with Crippen LogP contribution in [0.25, 0.3) is 11.4 Å². The number of hydrogen-bond acceptors (Lipinski definition) is 0. The van der Waals surface area contributed by atoms with Gasteiger partial charge in [0.15, 0.2) is 0 Å². The SMILES string of the molecule is CCCCCCCCCCCCCC[n+]1ccn(CCCCCCCC)c1-c1ccccc1. The second-order valence-corrected chi connectivity index (χ2v) is 10.0. The monoisotopic (exact) mass is 453 g/mol. The van der Waals surface area contributed by atoms with Crippen molar-refractivity contribution < 1.29 is 4.57 Å². The normalized spacial score (nSPS) is 11.3. The van der Waals surface area contributed by atoms with E-state index in [4.69, 9.17) is 0 Å². The predicted molar refractivity (Wildman–Crippen MR) is 145 cm³/mol. The van der Waals surface area contributed by atoms with Gasteiger partial charge in [0.2, 0.25) is 0 Å². The van der Waals surface area contributed by atoms with Crippen molar-refractivity contribution in [2.45, 2.75) is 143 Å². The highest BCUT2D eigenvalue weighted by molar-refractivity contribution is 5.52. The molecule has 0 bridgehead atoms. The van der Waals surface area contributed by atoms with E-state index >= 15 is 0 Å². The van der Waals surface area contributed by atoms with Crippen LogP contribution in [-0.4, -0.2) is 4.57 Å². The van der Waals surface area contributed by atoms with E-state index in [0.29, 0.717) is 0 Å². The van der Waals surface area contributed by atoms with E-state index in [1.54, 1.807) is 0 Å². The number of aryl methyl sites for hydroxylation is 2. The highest BCUT2D eigenvalue weighted by atomic mass is 15.1. The molecule has 0 aliphatic carbocycles. The summed E-state index contributed by atoms with van der Waals surface area (Å²) in [5, 5.41) is 0. The van der Waals surface area contributed by atoms with Gasteiger partial charge in [0.1, 0.15) is 12.4 Å². The first-order valence-electron chi connectivity index (χ1n) is 14.5. The maximum atomic E-state index is 2.50. The Labute approximate surface area is 205 Å². The minimum Gasteiger partial charge on any atom is -0.230 e. The average Bonchev–Trinajstić information content (AvgIpc) is 3.25. The van der Waals surface area contributed by atoms with Gasteiger partial charge in [0, 0.05) is 0 Å². The fourth-order valence-electron chi connectivity index (χ4n) is 4.93. The van der Waals surface area contributed by atoms with E-state index in [1.807, 2.05) is 0 Å². The van der Waals surface area contributed by atoms with Crippen LogP contribution >= 0.6 is 0 Å². The Hall–Kier alpha value is -1.57. The van der Waals surface area contributed by atoms with E-state index < -0.39 is 0 Å². The second kappa shape index (κ2) is 18.8. The lowest BCUT2D eigenvalue weighted by molar-refractivity contribution is -0.686. The Morgan fingerprint density at radius 3 is 1.61 bits per heavy atom. The number of rotatable bonds is 21. The topological polar surface area (TPSA) is 8.81 Å². The van der Waals surface area contributed by atoms with Gasteiger partial charge >= 0.3 is 0 Å². The molecule has 0 unspecified atom stereocenters. The van der Waals surface area contributed by atoms with Gasteiger partial charge in [-0.1, -0.05) is 122 Å². The van der Waals surface area contributed by atoms with Crippen molar-refractivity contribution in [2.24, 2.45) is 0 Å². The van der Waals surface area contributed by atoms with Crippen LogP contribution in [0.2, 0.25) is 0 Å². The molecular formula is C31H53N2+. The van der Waals surface area contributed by atoms with Crippen molar-refractivity contribution in [3.63, 3.8) is 0 Å². The minimum absolute atomic E-state index is 1.14. The molecule has 2 nitrogen and oxygen atoms in total. The highest BCUT2D eigenvalue weighted by Crippen LogP contribution is 2.18. The van der Waals surface area contributed by atoms with Gasteiger partial charge < -0.3 is 0 Å². The van der Waals surface area contributed by atoms with Gasteiger partial charge in [-0.2, -0.15) is 0 Å². The maximum absolute atomic E-state index is 2.50. The summed E-state index contributed by atoms with van der Waals surface area (Å²) >= 11 is 0. The minimum atomic E-state index is 1.14. The highest BCUT2D eigenvalue weighted by Gasteiger charge is 2.18. The van der Waals surface area contributed by atoms with Gasteiger partial charge in [0.05, 0.1) is 18.7 Å². The third-order valence-corrected chi connectivity index (χ3v) is 7.01. The zero-order valence-electron chi connectivity index (χ0n) is 22.1. The number of hydrogen-bond donors (Lipinski definition) is 0. The molecule has 0 atom stereocenters. The lowest BCUT2D eigenvalue weighted by Gasteiger charge is -2.06. The lowest BCUT2D eigenvalue weighted by atomic mass is 10.1. The maximum Gasteiger partial charge on any atom is 0.288 e. The number of unbranched alkanes of at least 4 members (excludes halogenated alkanes) is 16. The molecule has 0 saturated heterocycles. The van der Waals surface area contributed by atoms with Gasteiger partial charge in [-0.15, -0.1) is 0 Å². The van der Waals surface area contributed by atoms with E-state index in [2.05, 4.69) is 65.7 Å². The Bertz CT molecular complexity index is 688. The van der Waals surface area contributed by atoms with Crippen molar-refractivity contribution in [1.82, 2.24) is 4.57 Å². The van der Waals surface area contributed by atoms with Gasteiger partial charge in [-0.25, -0.2) is 9.13 Å². The third-order valence-electron chi connectivity index (χ3n) is 7.01. The van der Waals surface area contributed by atoms with Crippen LogP contribution in [0, 0.1) is 0 Å². The molecule has 33 heavy (non-hydrogen) atoms. The third kappa shape index (κ3) is 11.9. The average molecular weight is 454 g/mol. The van der Waals surface area contributed by atoms with E-state index in [0.717, 1.165) is 13.1 Å². The van der Waals surface area contributed by atoms with Crippen molar-refractivity contribution in [3.8, 4) is 11.4 Å².